The molecule has 3 atom stereocenters. The first kappa shape index (κ1) is 36.1. The van der Waals surface area contributed by atoms with E-state index < -0.39 is 35.4 Å². The zero-order valence-corrected chi connectivity index (χ0v) is 29.5. The molecule has 13 heteroatoms. The van der Waals surface area contributed by atoms with E-state index in [0.717, 1.165) is 22.0 Å². The molecule has 0 radical (unpaired) electrons. The van der Waals surface area contributed by atoms with Crippen LogP contribution in [0.15, 0.2) is 59.5 Å². The van der Waals surface area contributed by atoms with E-state index in [4.69, 9.17) is 14.2 Å². The molecule has 0 saturated heterocycles. The Bertz CT molecular complexity index is 1960. The minimum Gasteiger partial charge on any atom is -0.493 e. The number of carbonyl (C=O) groups is 3. The predicted molar refractivity (Wildman–Crippen MR) is 195 cm³/mol. The van der Waals surface area contributed by atoms with E-state index in [1.807, 2.05) is 36.6 Å². The van der Waals surface area contributed by atoms with Crippen LogP contribution in [0.4, 0.5) is 5.69 Å². The maximum absolute atomic E-state index is 13.9. The van der Waals surface area contributed by atoms with Crippen LogP contribution in [0.5, 0.6) is 17.2 Å². The summed E-state index contributed by atoms with van der Waals surface area (Å²) in [5.41, 5.74) is 4.19. The van der Waals surface area contributed by atoms with E-state index in [2.05, 4.69) is 20.9 Å². The summed E-state index contributed by atoms with van der Waals surface area (Å²) in [6.07, 6.45) is 5.10. The van der Waals surface area contributed by atoms with Gasteiger partial charge in [-0.25, -0.2) is 4.79 Å². The number of ether oxygens (including phenoxy) is 3. The second kappa shape index (κ2) is 16.0. The van der Waals surface area contributed by atoms with Crippen molar-refractivity contribution in [2.24, 2.45) is 0 Å². The Kier molecular flexibility index (Phi) is 11.6. The van der Waals surface area contributed by atoms with Gasteiger partial charge in [0.15, 0.2) is 11.5 Å². The maximum Gasteiger partial charge on any atom is 0.326 e. The van der Waals surface area contributed by atoms with Crippen molar-refractivity contribution in [2.45, 2.75) is 50.7 Å². The summed E-state index contributed by atoms with van der Waals surface area (Å²) in [5.74, 6) is -0.0890. The summed E-state index contributed by atoms with van der Waals surface area (Å²) in [4.78, 5) is 55.5. The third kappa shape index (κ3) is 7.67. The number of anilines is 1. The number of aryl methyl sites for hydroxylation is 1. The number of hydrogen-bond donors (Lipinski definition) is 5. The number of amides is 2. The highest BCUT2D eigenvalue weighted by Gasteiger charge is 2.31. The second-order valence-electron chi connectivity index (χ2n) is 12.0. The van der Waals surface area contributed by atoms with Crippen LogP contribution in [0.1, 0.15) is 42.5 Å². The summed E-state index contributed by atoms with van der Waals surface area (Å²) in [5, 5.41) is 19.8. The van der Waals surface area contributed by atoms with Crippen LogP contribution < -0.4 is 35.6 Å². The largest absolute Gasteiger partial charge is 0.493 e. The topological polar surface area (TPSA) is 168 Å². The number of thioether (sulfide) groups is 1. The molecule has 1 heterocycles. The van der Waals surface area contributed by atoms with E-state index in [1.54, 1.807) is 25.4 Å². The number of hydrogen-bond acceptors (Lipinski definition) is 9. The van der Waals surface area contributed by atoms with E-state index >= 15 is 0 Å². The molecular weight excluding hydrogens is 660 g/mol. The van der Waals surface area contributed by atoms with Gasteiger partial charge in [0.25, 0.3) is 0 Å². The maximum atomic E-state index is 13.9. The highest BCUT2D eigenvalue weighted by atomic mass is 32.2. The molecule has 0 unspecified atom stereocenters. The average Bonchev–Trinajstić information content (AvgIpc) is 3.36. The number of rotatable bonds is 14. The number of aromatic amines is 1. The number of carboxylic acid groups (broad SMARTS) is 1. The third-order valence-electron chi connectivity index (χ3n) is 8.89. The van der Waals surface area contributed by atoms with Gasteiger partial charge in [-0.3, -0.25) is 14.4 Å². The molecule has 4 aromatic rings. The lowest BCUT2D eigenvalue weighted by atomic mass is 9.95. The average molecular weight is 703 g/mol. The van der Waals surface area contributed by atoms with Crippen LogP contribution in [-0.2, 0) is 27.2 Å². The summed E-state index contributed by atoms with van der Waals surface area (Å²) in [7, 11) is 4.59. The molecule has 3 aromatic carbocycles. The van der Waals surface area contributed by atoms with E-state index in [-0.39, 0.29) is 18.0 Å². The van der Waals surface area contributed by atoms with Gasteiger partial charge in [-0.15, -0.1) is 0 Å². The first-order chi connectivity index (χ1) is 24.1. The van der Waals surface area contributed by atoms with Crippen LogP contribution in [0, 0.1) is 0 Å². The highest BCUT2D eigenvalue weighted by molar-refractivity contribution is 7.98. The van der Waals surface area contributed by atoms with Crippen molar-refractivity contribution in [2.75, 3.05) is 38.7 Å². The van der Waals surface area contributed by atoms with Gasteiger partial charge in [0.1, 0.15) is 12.1 Å². The highest BCUT2D eigenvalue weighted by Crippen LogP contribution is 2.50. The lowest BCUT2D eigenvalue weighted by Gasteiger charge is -2.21. The fourth-order valence-corrected chi connectivity index (χ4v) is 6.98. The number of carbonyl (C=O) groups excluding carboxylic acids is 2. The number of nitrogens with one attached hydrogen (secondary N) is 4. The Morgan fingerprint density at radius 1 is 1.02 bits per heavy atom. The van der Waals surface area contributed by atoms with E-state index in [9.17, 15) is 24.3 Å². The van der Waals surface area contributed by atoms with Crippen molar-refractivity contribution in [1.29, 1.82) is 0 Å². The van der Waals surface area contributed by atoms with Gasteiger partial charge in [0.2, 0.25) is 23.0 Å². The van der Waals surface area contributed by atoms with Crippen molar-refractivity contribution in [1.82, 2.24) is 15.6 Å². The van der Waals surface area contributed by atoms with E-state index in [0.29, 0.717) is 59.0 Å². The van der Waals surface area contributed by atoms with Gasteiger partial charge < -0.3 is 40.3 Å². The predicted octanol–water partition coefficient (Wildman–Crippen LogP) is 4.69. The first-order valence-corrected chi connectivity index (χ1v) is 17.6. The SMILES string of the molecule is COc1cc2c(c(OC)c1OC)-c1ccc(N[C@@H](CCSC)C(=O)N[C@@H](Cc3c[nH]c4ccccc34)C(=O)O)c(=O)cc1[C@@H](NC(C)=O)CC2. The van der Waals surface area contributed by atoms with Crippen molar-refractivity contribution >= 4 is 46.1 Å². The Balaban J connectivity index is 1.53. The van der Waals surface area contributed by atoms with Crippen LogP contribution in [0.3, 0.4) is 0 Å². The first-order valence-electron chi connectivity index (χ1n) is 16.2. The Labute approximate surface area is 294 Å². The minimum absolute atomic E-state index is 0.0696. The van der Waals surface area contributed by atoms with Crippen molar-refractivity contribution < 1.29 is 33.7 Å². The quantitative estimate of drug-likeness (QED) is 0.124. The molecule has 0 saturated carbocycles. The lowest BCUT2D eigenvalue weighted by Crippen LogP contribution is -2.49. The summed E-state index contributed by atoms with van der Waals surface area (Å²) < 4.78 is 17.1. The molecule has 12 nitrogen and oxygen atoms in total. The van der Waals surface area contributed by atoms with Crippen LogP contribution in [-0.4, -0.2) is 73.3 Å². The van der Waals surface area contributed by atoms with Gasteiger partial charge in [-0.2, -0.15) is 11.8 Å². The molecule has 1 aliphatic rings. The molecule has 264 valence electrons. The van der Waals surface area contributed by atoms with Gasteiger partial charge in [-0.05, 0) is 77.8 Å². The van der Waals surface area contributed by atoms with Crippen molar-refractivity contribution in [3.05, 3.63) is 81.6 Å². The standard InChI is InChI=1S/C37H42N4O8S/c1-20(42)39-27-12-10-21-17-32(47-2)34(48-3)35(49-4)33(21)24-11-13-28(31(43)18-25(24)27)40-29(14-15-50-5)36(44)41-30(37(45)46)16-22-19-38-26-9-7-6-8-23(22)26/h6-9,11,13,17-19,27,29-30,38H,10,12,14-16H2,1-5H3,(H,39,42)(H,40,43)(H,41,44)(H,45,46)/t27-,29-,30-/m0/s1. The number of aliphatic carboxylic acids is 1. The van der Waals surface area contributed by atoms with Gasteiger partial charge in [0.05, 0.1) is 33.1 Å². The smallest absolute Gasteiger partial charge is 0.326 e. The number of fused-ring (bicyclic) bond motifs is 4. The van der Waals surface area contributed by atoms with Gasteiger partial charge >= 0.3 is 5.97 Å². The summed E-state index contributed by atoms with van der Waals surface area (Å²) in [6.45, 7) is 1.43. The summed E-state index contributed by atoms with van der Waals surface area (Å²) >= 11 is 1.53. The summed E-state index contributed by atoms with van der Waals surface area (Å²) in [6, 6.07) is 11.7. The molecule has 1 aliphatic carbocycles. The molecule has 0 fully saturated rings. The number of methoxy groups -OCH3 is 3. The molecule has 0 spiro atoms. The van der Waals surface area contributed by atoms with E-state index in [1.165, 1.54) is 39.0 Å². The van der Waals surface area contributed by atoms with Gasteiger partial charge in [0, 0.05) is 36.0 Å². The molecule has 0 aliphatic heterocycles. The molecular formula is C37H42N4O8S. The fraction of sp³-hybridized carbons (Fsp3) is 0.351. The molecule has 2 amide bonds. The number of H-pyrrole nitrogens is 1. The van der Waals surface area contributed by atoms with Crippen LogP contribution >= 0.6 is 11.8 Å². The number of benzene rings is 2. The number of aromatic nitrogens is 1. The van der Waals surface area contributed by atoms with Crippen LogP contribution in [0.2, 0.25) is 0 Å². The molecule has 5 rings (SSSR count). The Morgan fingerprint density at radius 2 is 1.78 bits per heavy atom. The third-order valence-corrected chi connectivity index (χ3v) is 9.53. The lowest BCUT2D eigenvalue weighted by molar-refractivity contribution is -0.141. The van der Waals surface area contributed by atoms with Gasteiger partial charge in [-0.1, -0.05) is 24.3 Å². The van der Waals surface area contributed by atoms with Crippen LogP contribution in [0.25, 0.3) is 22.0 Å². The van der Waals surface area contributed by atoms with Crippen molar-refractivity contribution in [3.8, 4) is 28.4 Å². The second-order valence-corrected chi connectivity index (χ2v) is 13.0. The minimum atomic E-state index is -1.20. The van der Waals surface area contributed by atoms with Crippen molar-refractivity contribution in [3.63, 3.8) is 0 Å². The zero-order chi connectivity index (χ0) is 35.9. The molecule has 0 bridgehead atoms. The Morgan fingerprint density at radius 3 is 2.46 bits per heavy atom. The normalized spacial score (nSPS) is 14.7. The number of carboxylic acids is 1. The number of para-hydroxylation sites is 1. The zero-order valence-electron chi connectivity index (χ0n) is 28.7. The molecule has 5 N–H and O–H groups in total. The molecule has 1 aromatic heterocycles. The Hall–Kier alpha value is -5.17. The monoisotopic (exact) mass is 702 g/mol. The molecule has 50 heavy (non-hydrogen) atoms. The fourth-order valence-electron chi connectivity index (χ4n) is 6.51.